The molecule has 0 atom stereocenters. The van der Waals surface area contributed by atoms with Crippen molar-refractivity contribution >= 4 is 7.32 Å². The molecule has 12 heavy (non-hydrogen) atoms. The van der Waals surface area contributed by atoms with Gasteiger partial charge in [-0.1, -0.05) is 0 Å². The van der Waals surface area contributed by atoms with Gasteiger partial charge >= 0.3 is 59.1 Å². The summed E-state index contributed by atoms with van der Waals surface area (Å²) in [6, 6.07) is 0. The van der Waals surface area contributed by atoms with Gasteiger partial charge in [0.25, 0.3) is 0 Å². The van der Waals surface area contributed by atoms with E-state index in [0.29, 0.717) is 0 Å². The number of aliphatic hydroxyl groups excluding tert-OH is 1. The van der Waals surface area contributed by atoms with E-state index >= 15 is 0 Å². The van der Waals surface area contributed by atoms with Crippen molar-refractivity contribution in [3.8, 4) is 0 Å². The average molecular weight is 194 g/mol. The van der Waals surface area contributed by atoms with E-state index in [-0.39, 0.29) is 85.5 Å². The minimum atomic E-state index is -2.24. The standard InChI is InChI=1S/C4H9BO5.2Na/c6-1-2-9-3-4-10-5(7)8;;/h6H,1-4H2;;/q-2;2*+1. The van der Waals surface area contributed by atoms with Crippen molar-refractivity contribution in [2.75, 3.05) is 26.4 Å². The summed E-state index contributed by atoms with van der Waals surface area (Å²) in [6.07, 6.45) is 0. The second-order valence-electron chi connectivity index (χ2n) is 1.50. The molecule has 0 aliphatic heterocycles. The molecule has 1 N–H and O–H groups in total. The van der Waals surface area contributed by atoms with Crippen LogP contribution in [0.5, 0.6) is 0 Å². The molecular formula is C4H9BNa2O5. The van der Waals surface area contributed by atoms with Crippen LogP contribution in [0.4, 0.5) is 0 Å². The third-order valence-electron chi connectivity index (χ3n) is 0.717. The second-order valence-corrected chi connectivity index (χ2v) is 1.50. The van der Waals surface area contributed by atoms with Crippen molar-refractivity contribution in [3.05, 3.63) is 0 Å². The zero-order chi connectivity index (χ0) is 7.82. The first-order valence-electron chi connectivity index (χ1n) is 2.89. The van der Waals surface area contributed by atoms with E-state index in [1.807, 2.05) is 0 Å². The molecule has 0 amide bonds. The summed E-state index contributed by atoms with van der Waals surface area (Å²) in [5.41, 5.74) is 0. The van der Waals surface area contributed by atoms with Crippen molar-refractivity contribution in [1.29, 1.82) is 0 Å². The molecule has 60 valence electrons. The van der Waals surface area contributed by atoms with E-state index in [1.54, 1.807) is 0 Å². The third kappa shape index (κ3) is 17.8. The first-order valence-corrected chi connectivity index (χ1v) is 2.89. The van der Waals surface area contributed by atoms with E-state index in [2.05, 4.69) is 9.39 Å². The van der Waals surface area contributed by atoms with Gasteiger partial charge in [-0.05, 0) is 0 Å². The Kier molecular flexibility index (Phi) is 24.9. The normalized spacial score (nSPS) is 8.25. The van der Waals surface area contributed by atoms with E-state index in [4.69, 9.17) is 5.11 Å². The number of rotatable bonds is 6. The van der Waals surface area contributed by atoms with E-state index in [9.17, 15) is 10.0 Å². The van der Waals surface area contributed by atoms with Crippen molar-refractivity contribution in [2.45, 2.75) is 0 Å². The number of ether oxygens (including phenoxy) is 1. The molecule has 0 radical (unpaired) electrons. The molecule has 0 fully saturated rings. The van der Waals surface area contributed by atoms with E-state index in [1.165, 1.54) is 0 Å². The van der Waals surface area contributed by atoms with Gasteiger partial charge in [0.1, 0.15) is 0 Å². The quantitative estimate of drug-likeness (QED) is 0.335. The Morgan fingerprint density at radius 1 is 1.08 bits per heavy atom. The van der Waals surface area contributed by atoms with Crippen molar-refractivity contribution in [3.63, 3.8) is 0 Å². The Hall–Kier alpha value is 1.86. The SMILES string of the molecule is [Na+].[Na+].[O-]B([O-])OCCOCCO. The Morgan fingerprint density at radius 3 is 2.08 bits per heavy atom. The van der Waals surface area contributed by atoms with Gasteiger partial charge in [0.05, 0.1) is 27.1 Å². The summed E-state index contributed by atoms with van der Waals surface area (Å²) >= 11 is 0. The molecule has 0 saturated carbocycles. The topological polar surface area (TPSA) is 84.8 Å². The summed E-state index contributed by atoms with van der Waals surface area (Å²) in [4.78, 5) is 0. The van der Waals surface area contributed by atoms with Gasteiger partial charge in [-0.3, -0.25) is 0 Å². The maximum atomic E-state index is 9.68. The summed E-state index contributed by atoms with van der Waals surface area (Å²) in [5, 5.41) is 27.5. The van der Waals surface area contributed by atoms with Crippen LogP contribution in [0.15, 0.2) is 0 Å². The summed E-state index contributed by atoms with van der Waals surface area (Å²) < 4.78 is 8.75. The molecule has 0 aromatic heterocycles. The Morgan fingerprint density at radius 2 is 1.67 bits per heavy atom. The van der Waals surface area contributed by atoms with Gasteiger partial charge in [-0.15, -0.1) is 0 Å². The van der Waals surface area contributed by atoms with Crippen LogP contribution in [0.2, 0.25) is 0 Å². The first-order chi connectivity index (χ1) is 4.77. The van der Waals surface area contributed by atoms with Gasteiger partial charge < -0.3 is 24.5 Å². The molecular weight excluding hydrogens is 185 g/mol. The van der Waals surface area contributed by atoms with Crippen LogP contribution < -0.4 is 69.2 Å². The third-order valence-corrected chi connectivity index (χ3v) is 0.717. The number of hydrogen-bond donors (Lipinski definition) is 1. The molecule has 0 spiro atoms. The van der Waals surface area contributed by atoms with Crippen LogP contribution in [0, 0.1) is 0 Å². The van der Waals surface area contributed by atoms with Gasteiger partial charge in [0, 0.05) is 6.61 Å². The molecule has 0 bridgehead atoms. The molecule has 0 aromatic rings. The van der Waals surface area contributed by atoms with Crippen LogP contribution in [0.25, 0.3) is 0 Å². The average Bonchev–Trinajstić information content (AvgIpc) is 1.87. The number of aliphatic hydroxyl groups is 1. The summed E-state index contributed by atoms with van der Waals surface area (Å²) in [5.74, 6) is 0. The molecule has 0 rings (SSSR count). The van der Waals surface area contributed by atoms with Crippen molar-refractivity contribution in [2.24, 2.45) is 0 Å². The largest absolute Gasteiger partial charge is 1.00 e. The molecule has 0 saturated heterocycles. The van der Waals surface area contributed by atoms with Crippen LogP contribution in [0.1, 0.15) is 0 Å². The fourth-order valence-corrected chi connectivity index (χ4v) is 0.370. The molecule has 0 aliphatic carbocycles. The Balaban J connectivity index is -0.000000405. The zero-order valence-electron chi connectivity index (χ0n) is 7.49. The minimum Gasteiger partial charge on any atom is -0.871 e. The van der Waals surface area contributed by atoms with E-state index < -0.39 is 7.32 Å². The predicted molar refractivity (Wildman–Crippen MR) is 29.6 cm³/mol. The van der Waals surface area contributed by atoms with Crippen LogP contribution in [0.3, 0.4) is 0 Å². The number of hydrogen-bond acceptors (Lipinski definition) is 5. The van der Waals surface area contributed by atoms with E-state index in [0.717, 1.165) is 0 Å². The Bertz CT molecular complexity index is 76.5. The molecule has 0 aromatic carbocycles. The van der Waals surface area contributed by atoms with Crippen molar-refractivity contribution < 1.29 is 83.7 Å². The molecule has 0 unspecified atom stereocenters. The van der Waals surface area contributed by atoms with Gasteiger partial charge in [0.15, 0.2) is 0 Å². The molecule has 8 heteroatoms. The molecule has 0 heterocycles. The van der Waals surface area contributed by atoms with Gasteiger partial charge in [-0.2, -0.15) is 0 Å². The second kappa shape index (κ2) is 15.3. The predicted octanol–water partition coefficient (Wildman–Crippen LogP) is -9.27. The molecule has 5 nitrogen and oxygen atoms in total. The maximum Gasteiger partial charge on any atom is 1.00 e. The van der Waals surface area contributed by atoms with Crippen LogP contribution in [-0.4, -0.2) is 38.9 Å². The Labute approximate surface area is 116 Å². The van der Waals surface area contributed by atoms with Gasteiger partial charge in [-0.25, -0.2) is 0 Å². The summed E-state index contributed by atoms with van der Waals surface area (Å²) in [7, 11) is -2.24. The maximum absolute atomic E-state index is 9.68. The molecule has 0 aliphatic rings. The van der Waals surface area contributed by atoms with Gasteiger partial charge in [0.2, 0.25) is 0 Å². The van der Waals surface area contributed by atoms with Crippen LogP contribution in [-0.2, 0) is 9.39 Å². The van der Waals surface area contributed by atoms with Crippen molar-refractivity contribution in [1.82, 2.24) is 0 Å². The minimum absolute atomic E-state index is 0. The fourth-order valence-electron chi connectivity index (χ4n) is 0.370. The summed E-state index contributed by atoms with van der Waals surface area (Å²) in [6.45, 7) is 0.281. The zero-order valence-corrected chi connectivity index (χ0v) is 11.5. The smallest absolute Gasteiger partial charge is 0.871 e. The fraction of sp³-hybridized carbons (Fsp3) is 1.00. The first kappa shape index (κ1) is 19.4. The van der Waals surface area contributed by atoms with Crippen LogP contribution >= 0.6 is 0 Å². The monoisotopic (exact) mass is 194 g/mol.